The van der Waals surface area contributed by atoms with Gasteiger partial charge in [0.2, 0.25) is 6.41 Å². The van der Waals surface area contributed by atoms with E-state index in [0.29, 0.717) is 6.41 Å². The van der Waals surface area contributed by atoms with Gasteiger partial charge in [-0.05, 0) is 47.7 Å². The summed E-state index contributed by atoms with van der Waals surface area (Å²) in [6.07, 6.45) is 2.74. The fourth-order valence-corrected chi connectivity index (χ4v) is 4.01. The maximum Gasteiger partial charge on any atom is 0.211 e. The highest BCUT2D eigenvalue weighted by molar-refractivity contribution is 7.98. The van der Waals surface area contributed by atoms with Crippen molar-refractivity contribution < 1.29 is 4.79 Å². The molecule has 0 fully saturated rings. The van der Waals surface area contributed by atoms with Crippen LogP contribution >= 0.6 is 34.7 Å². The van der Waals surface area contributed by atoms with Crippen LogP contribution in [0.3, 0.4) is 0 Å². The summed E-state index contributed by atoms with van der Waals surface area (Å²) < 4.78 is 0.763. The molecule has 0 unspecified atom stereocenters. The van der Waals surface area contributed by atoms with Crippen molar-refractivity contribution in [3.05, 3.63) is 58.9 Å². The number of hydrogen-bond acceptors (Lipinski definition) is 3. The van der Waals surface area contributed by atoms with E-state index in [4.69, 9.17) is 11.6 Å². The minimum atomic E-state index is 0.676. The fourth-order valence-electron chi connectivity index (χ4n) is 2.35. The third kappa shape index (κ3) is 3.61. The Labute approximate surface area is 148 Å². The number of carbonyl (C=O) groups is 1. The second kappa shape index (κ2) is 7.21. The van der Waals surface area contributed by atoms with Crippen molar-refractivity contribution in [1.82, 2.24) is 0 Å². The van der Waals surface area contributed by atoms with Gasteiger partial charge in [-0.3, -0.25) is 4.79 Å². The molecule has 5 heteroatoms. The van der Waals surface area contributed by atoms with E-state index in [1.807, 2.05) is 30.3 Å². The first-order valence-corrected chi connectivity index (χ1v) is 9.37. The van der Waals surface area contributed by atoms with E-state index in [1.165, 1.54) is 4.90 Å². The third-order valence-electron chi connectivity index (χ3n) is 3.48. The van der Waals surface area contributed by atoms with Gasteiger partial charge in [0.05, 0.1) is 4.34 Å². The van der Waals surface area contributed by atoms with Crippen LogP contribution in [-0.4, -0.2) is 12.7 Å². The highest BCUT2D eigenvalue weighted by Gasteiger charge is 2.12. The van der Waals surface area contributed by atoms with Crippen LogP contribution in [0.2, 0.25) is 4.34 Å². The van der Waals surface area contributed by atoms with Crippen molar-refractivity contribution in [3.8, 4) is 21.6 Å². The van der Waals surface area contributed by atoms with Gasteiger partial charge in [0, 0.05) is 21.0 Å². The van der Waals surface area contributed by atoms with Crippen molar-refractivity contribution >= 4 is 46.8 Å². The molecule has 3 aromatic rings. The number of benzene rings is 2. The van der Waals surface area contributed by atoms with Gasteiger partial charge in [-0.2, -0.15) is 0 Å². The largest absolute Gasteiger partial charge is 0.329 e. The van der Waals surface area contributed by atoms with Crippen LogP contribution in [0.5, 0.6) is 0 Å². The van der Waals surface area contributed by atoms with E-state index in [0.717, 1.165) is 31.6 Å². The van der Waals surface area contributed by atoms with Crippen LogP contribution in [0, 0.1) is 0 Å². The van der Waals surface area contributed by atoms with Gasteiger partial charge in [0.25, 0.3) is 0 Å². The van der Waals surface area contributed by atoms with Crippen molar-refractivity contribution in [2.45, 2.75) is 4.90 Å². The summed E-state index contributed by atoms with van der Waals surface area (Å²) in [5.74, 6) is 0. The van der Waals surface area contributed by atoms with Crippen LogP contribution in [0.25, 0.3) is 21.6 Å². The summed E-state index contributed by atoms with van der Waals surface area (Å²) in [5, 5.41) is 2.64. The Kier molecular flexibility index (Phi) is 5.06. The quantitative estimate of drug-likeness (QED) is 0.445. The zero-order valence-corrected chi connectivity index (χ0v) is 14.8. The molecule has 116 valence electrons. The molecule has 0 aliphatic rings. The predicted octanol–water partition coefficient (Wildman–Crippen LogP) is 6.03. The zero-order chi connectivity index (χ0) is 16.2. The molecule has 0 aliphatic carbocycles. The first-order valence-electron chi connectivity index (χ1n) is 6.95. The minimum Gasteiger partial charge on any atom is -0.329 e. The highest BCUT2D eigenvalue weighted by atomic mass is 35.5. The second-order valence-electron chi connectivity index (χ2n) is 4.86. The smallest absolute Gasteiger partial charge is 0.211 e. The lowest BCUT2D eigenvalue weighted by Crippen LogP contribution is -1.92. The minimum absolute atomic E-state index is 0.676. The second-order valence-corrected chi connectivity index (χ2v) is 7.42. The Hall–Kier alpha value is -1.75. The molecule has 0 bridgehead atoms. The van der Waals surface area contributed by atoms with Gasteiger partial charge in [0.1, 0.15) is 0 Å². The fraction of sp³-hybridized carbons (Fsp3) is 0.0556. The SMILES string of the molecule is CSc1ccc(-c2cc(Cl)sc2-c2ccc(NC=O)cc2)cc1. The van der Waals surface area contributed by atoms with E-state index < -0.39 is 0 Å². The lowest BCUT2D eigenvalue weighted by atomic mass is 10.0. The van der Waals surface area contributed by atoms with Crippen molar-refractivity contribution in [1.29, 1.82) is 0 Å². The first kappa shape index (κ1) is 16.1. The average molecular weight is 360 g/mol. The molecular formula is C18H14ClNOS2. The topological polar surface area (TPSA) is 29.1 Å². The van der Waals surface area contributed by atoms with Gasteiger partial charge in [-0.15, -0.1) is 23.1 Å². The maximum absolute atomic E-state index is 10.5. The summed E-state index contributed by atoms with van der Waals surface area (Å²) in [7, 11) is 0. The van der Waals surface area contributed by atoms with Crippen molar-refractivity contribution in [2.75, 3.05) is 11.6 Å². The van der Waals surface area contributed by atoms with E-state index in [9.17, 15) is 4.79 Å². The molecule has 0 atom stereocenters. The van der Waals surface area contributed by atoms with Crippen LogP contribution in [-0.2, 0) is 4.79 Å². The summed E-state index contributed by atoms with van der Waals surface area (Å²) in [4.78, 5) is 12.9. The number of thiophene rings is 1. The molecule has 2 aromatic carbocycles. The van der Waals surface area contributed by atoms with E-state index >= 15 is 0 Å². The maximum atomic E-state index is 10.5. The zero-order valence-electron chi connectivity index (χ0n) is 12.4. The third-order valence-corrected chi connectivity index (χ3v) is 5.53. The van der Waals surface area contributed by atoms with Gasteiger partial charge < -0.3 is 5.32 Å². The summed E-state index contributed by atoms with van der Waals surface area (Å²) in [5.41, 5.74) is 4.14. The Balaban J connectivity index is 2.00. The highest BCUT2D eigenvalue weighted by Crippen LogP contribution is 2.41. The summed E-state index contributed by atoms with van der Waals surface area (Å²) >= 11 is 9.55. The number of halogens is 1. The first-order chi connectivity index (χ1) is 11.2. The van der Waals surface area contributed by atoms with E-state index in [2.05, 4.69) is 35.8 Å². The molecule has 1 heterocycles. The number of rotatable bonds is 5. The molecule has 0 spiro atoms. The molecule has 1 amide bonds. The van der Waals surface area contributed by atoms with Crippen LogP contribution in [0.4, 0.5) is 5.69 Å². The Morgan fingerprint density at radius 2 is 1.70 bits per heavy atom. The van der Waals surface area contributed by atoms with Crippen LogP contribution < -0.4 is 5.32 Å². The number of hydrogen-bond donors (Lipinski definition) is 1. The molecule has 3 rings (SSSR count). The lowest BCUT2D eigenvalue weighted by molar-refractivity contribution is -0.105. The van der Waals surface area contributed by atoms with Crippen molar-refractivity contribution in [3.63, 3.8) is 0 Å². The molecule has 0 saturated heterocycles. The molecule has 0 saturated carbocycles. The number of anilines is 1. The van der Waals surface area contributed by atoms with Gasteiger partial charge in [-0.1, -0.05) is 35.9 Å². The van der Waals surface area contributed by atoms with Crippen molar-refractivity contribution in [2.24, 2.45) is 0 Å². The van der Waals surface area contributed by atoms with Crippen LogP contribution in [0.1, 0.15) is 0 Å². The molecule has 2 nitrogen and oxygen atoms in total. The average Bonchev–Trinajstić information content (AvgIpc) is 2.98. The lowest BCUT2D eigenvalue weighted by Gasteiger charge is -2.06. The Morgan fingerprint density at radius 3 is 2.30 bits per heavy atom. The molecule has 0 radical (unpaired) electrons. The van der Waals surface area contributed by atoms with Gasteiger partial charge in [-0.25, -0.2) is 0 Å². The van der Waals surface area contributed by atoms with Gasteiger partial charge >= 0.3 is 0 Å². The number of nitrogens with one attached hydrogen (secondary N) is 1. The normalized spacial score (nSPS) is 10.5. The monoisotopic (exact) mass is 359 g/mol. The molecule has 0 aliphatic heterocycles. The van der Waals surface area contributed by atoms with E-state index in [1.54, 1.807) is 23.1 Å². The molecular weight excluding hydrogens is 346 g/mol. The van der Waals surface area contributed by atoms with Crippen LogP contribution in [0.15, 0.2) is 59.5 Å². The molecule has 1 aromatic heterocycles. The summed E-state index contributed by atoms with van der Waals surface area (Å²) in [6, 6.07) is 18.2. The van der Waals surface area contributed by atoms with E-state index in [-0.39, 0.29) is 0 Å². The molecule has 1 N–H and O–H groups in total. The number of carbonyl (C=O) groups excluding carboxylic acids is 1. The Bertz CT molecular complexity index is 810. The standard InChI is InChI=1S/C18H14ClNOS2/c1-22-15-8-4-12(5-9-15)16-10-17(19)23-18(16)13-2-6-14(7-3-13)20-11-21/h2-11H,1H3,(H,20,21). The summed E-state index contributed by atoms with van der Waals surface area (Å²) in [6.45, 7) is 0. The molecule has 23 heavy (non-hydrogen) atoms. The Morgan fingerprint density at radius 1 is 1.04 bits per heavy atom. The van der Waals surface area contributed by atoms with Gasteiger partial charge in [0.15, 0.2) is 0 Å². The number of amides is 1. The number of thioether (sulfide) groups is 1. The predicted molar refractivity (Wildman–Crippen MR) is 102 cm³/mol.